The van der Waals surface area contributed by atoms with Gasteiger partial charge in [-0.15, -0.1) is 23.5 Å². The van der Waals surface area contributed by atoms with Gasteiger partial charge >= 0.3 is 5.97 Å². The number of Topliss-reactive ketones (excluding diaryl/α,β-unsaturated/α-hetero) is 1. The Bertz CT molecular complexity index is 2000. The van der Waals surface area contributed by atoms with E-state index in [-0.39, 0.29) is 46.5 Å². The molecule has 1 unspecified atom stereocenters. The second-order valence-electron chi connectivity index (χ2n) is 15.7. The van der Waals surface area contributed by atoms with E-state index >= 15 is 0 Å². The molecule has 4 atom stereocenters. The number of halogens is 2. The minimum Gasteiger partial charge on any atom is -0.478 e. The highest BCUT2D eigenvalue weighted by molar-refractivity contribution is 8.18. The molecular weight excluding hydrogens is 868 g/mol. The zero-order valence-electron chi connectivity index (χ0n) is 34.3. The SMILES string of the molecule is CCC[C@@H](NC(=O)[C@@H]1CC2(CN1C(=O)[C@@H](NC(=O)c1cc(Cl)c(Cl)cc1C(=O)O)C1CCCCC1)SCCCS2)C(=O)C(=O)NCC(=O)NC(C(=O)N(C)C)c1ccccc1. The molecule has 61 heavy (non-hydrogen) atoms. The van der Waals surface area contributed by atoms with Crippen LogP contribution in [0.4, 0.5) is 0 Å². The van der Waals surface area contributed by atoms with E-state index < -0.39 is 82.0 Å². The quantitative estimate of drug-likeness (QED) is 0.149. The van der Waals surface area contributed by atoms with Crippen LogP contribution >= 0.6 is 46.7 Å². The lowest BCUT2D eigenvalue weighted by Gasteiger charge is -2.35. The number of carboxylic acid groups (broad SMARTS) is 1. The number of aromatic carboxylic acids is 1. The Labute approximate surface area is 373 Å². The first kappa shape index (κ1) is 47.7. The number of carbonyl (C=O) groups is 8. The van der Waals surface area contributed by atoms with E-state index in [2.05, 4.69) is 21.3 Å². The van der Waals surface area contributed by atoms with Crippen molar-refractivity contribution in [1.29, 1.82) is 0 Å². The fourth-order valence-electron chi connectivity index (χ4n) is 7.92. The number of hydrogen-bond acceptors (Lipinski definition) is 10. The first-order valence-electron chi connectivity index (χ1n) is 20.3. The largest absolute Gasteiger partial charge is 0.478 e. The van der Waals surface area contributed by atoms with E-state index in [0.29, 0.717) is 24.8 Å². The van der Waals surface area contributed by atoms with Crippen LogP contribution in [0.3, 0.4) is 0 Å². The number of carbonyl (C=O) groups excluding carboxylic acids is 7. The highest BCUT2D eigenvalue weighted by Gasteiger charge is 2.52. The second-order valence-corrected chi connectivity index (χ2v) is 19.7. The number of thioether (sulfide) groups is 2. The molecule has 2 aliphatic heterocycles. The number of rotatable bonds is 16. The summed E-state index contributed by atoms with van der Waals surface area (Å²) < 4.78 is -0.544. The van der Waals surface area contributed by atoms with E-state index in [1.165, 1.54) is 9.80 Å². The maximum Gasteiger partial charge on any atom is 0.336 e. The predicted molar refractivity (Wildman–Crippen MR) is 235 cm³/mol. The smallest absolute Gasteiger partial charge is 0.336 e. The second kappa shape index (κ2) is 21.7. The molecule has 0 aromatic heterocycles. The van der Waals surface area contributed by atoms with E-state index in [4.69, 9.17) is 23.2 Å². The van der Waals surface area contributed by atoms with Crippen molar-refractivity contribution in [2.75, 3.05) is 38.7 Å². The molecule has 2 aromatic carbocycles. The number of likely N-dealkylation sites (N-methyl/N-ethyl adjacent to an activating group) is 1. The summed E-state index contributed by atoms with van der Waals surface area (Å²) in [5.41, 5.74) is -0.128. The van der Waals surface area contributed by atoms with Crippen molar-refractivity contribution in [2.24, 2.45) is 5.92 Å². The maximum atomic E-state index is 14.9. The Kier molecular flexibility index (Phi) is 16.9. The molecule has 2 aromatic rings. The number of nitrogens with one attached hydrogen (secondary N) is 4. The molecule has 5 rings (SSSR count). The van der Waals surface area contributed by atoms with Gasteiger partial charge in [0.05, 0.1) is 37.8 Å². The van der Waals surface area contributed by atoms with Crippen molar-refractivity contribution < 1.29 is 43.5 Å². The van der Waals surface area contributed by atoms with Gasteiger partial charge in [0.1, 0.15) is 18.1 Å². The highest BCUT2D eigenvalue weighted by atomic mass is 35.5. The van der Waals surface area contributed by atoms with Crippen molar-refractivity contribution in [3.8, 4) is 0 Å². The van der Waals surface area contributed by atoms with Crippen molar-refractivity contribution in [1.82, 2.24) is 31.1 Å². The van der Waals surface area contributed by atoms with Gasteiger partial charge in [-0.1, -0.05) is 86.1 Å². The lowest BCUT2D eigenvalue weighted by Crippen LogP contribution is -2.58. The summed E-state index contributed by atoms with van der Waals surface area (Å²) in [6.45, 7) is 1.33. The van der Waals surface area contributed by atoms with Crippen molar-refractivity contribution >= 4 is 93.9 Å². The van der Waals surface area contributed by atoms with E-state index in [1.54, 1.807) is 74.9 Å². The molecule has 2 saturated heterocycles. The molecule has 15 nitrogen and oxygen atoms in total. The number of nitrogens with zero attached hydrogens (tertiary/aromatic N) is 2. The van der Waals surface area contributed by atoms with Crippen LogP contribution in [0.25, 0.3) is 0 Å². The van der Waals surface area contributed by atoms with Crippen LogP contribution in [0.2, 0.25) is 10.0 Å². The summed E-state index contributed by atoms with van der Waals surface area (Å²) in [5.74, 6) is -5.30. The minimum absolute atomic E-state index is 0.0387. The van der Waals surface area contributed by atoms with Gasteiger partial charge in [0.2, 0.25) is 29.4 Å². The van der Waals surface area contributed by atoms with Crippen LogP contribution in [0.15, 0.2) is 42.5 Å². The molecule has 330 valence electrons. The van der Waals surface area contributed by atoms with Crippen LogP contribution in [0, 0.1) is 5.92 Å². The predicted octanol–water partition coefficient (Wildman–Crippen LogP) is 4.45. The molecule has 0 radical (unpaired) electrons. The summed E-state index contributed by atoms with van der Waals surface area (Å²) >= 11 is 15.6. The van der Waals surface area contributed by atoms with Gasteiger partial charge in [0.15, 0.2) is 0 Å². The monoisotopic (exact) mass is 918 g/mol. The normalized spacial score (nSPS) is 18.9. The van der Waals surface area contributed by atoms with Gasteiger partial charge in [-0.25, -0.2) is 4.79 Å². The molecule has 1 spiro atoms. The van der Waals surface area contributed by atoms with Crippen LogP contribution < -0.4 is 21.3 Å². The average Bonchev–Trinajstić information content (AvgIpc) is 3.62. The molecule has 1 aliphatic carbocycles. The zero-order chi connectivity index (χ0) is 44.4. The highest BCUT2D eigenvalue weighted by Crippen LogP contribution is 2.50. The Morgan fingerprint density at radius 2 is 1.52 bits per heavy atom. The maximum absolute atomic E-state index is 14.9. The van der Waals surface area contributed by atoms with Crippen molar-refractivity contribution in [3.05, 3.63) is 69.2 Å². The first-order valence-corrected chi connectivity index (χ1v) is 23.1. The summed E-state index contributed by atoms with van der Waals surface area (Å²) in [4.78, 5) is 111. The van der Waals surface area contributed by atoms with Crippen LogP contribution in [-0.2, 0) is 28.8 Å². The molecule has 5 N–H and O–H groups in total. The minimum atomic E-state index is -1.41. The van der Waals surface area contributed by atoms with Crippen molar-refractivity contribution in [2.45, 2.75) is 93.0 Å². The van der Waals surface area contributed by atoms with Gasteiger partial charge in [0, 0.05) is 27.1 Å². The standard InChI is InChI=1S/C42H52Cl2N6O9S2/c1-4-12-30(35(52)38(55)45-22-32(51)47-33(39(56)49(2)3)24-13-7-5-8-14-24)46-37(54)31-21-42(60-17-11-18-61-42)23-50(31)40(57)34(25-15-9-6-10-16-25)48-36(53)26-19-28(43)29(44)20-27(26)41(58)59/h5,7-8,13-14,19-20,25,30-31,33-34H,4,6,9-12,15-18,21-23H2,1-3H3,(H,45,55)(H,46,54)(H,47,51)(H,48,53)(H,58,59)/t30-,31+,33?,34+/m1/s1. The lowest BCUT2D eigenvalue weighted by molar-refractivity contribution is -0.143. The lowest BCUT2D eigenvalue weighted by atomic mass is 9.83. The Morgan fingerprint density at radius 3 is 2.13 bits per heavy atom. The van der Waals surface area contributed by atoms with E-state index in [1.807, 2.05) is 0 Å². The fourth-order valence-corrected chi connectivity index (χ4v) is 11.6. The molecule has 3 aliphatic rings. The number of carboxylic acids is 1. The van der Waals surface area contributed by atoms with Gasteiger partial charge in [0.25, 0.3) is 11.8 Å². The third-order valence-electron chi connectivity index (χ3n) is 11.1. The van der Waals surface area contributed by atoms with Crippen LogP contribution in [0.1, 0.15) is 97.0 Å². The number of likely N-dealkylation sites (tertiary alicyclic amines) is 1. The third-order valence-corrected chi connectivity index (χ3v) is 15.1. The number of amides is 6. The summed E-state index contributed by atoms with van der Waals surface area (Å²) in [7, 11) is 3.09. The summed E-state index contributed by atoms with van der Waals surface area (Å²) in [5, 5.41) is 20.3. The molecule has 1 saturated carbocycles. The number of benzene rings is 2. The summed E-state index contributed by atoms with van der Waals surface area (Å²) in [6, 6.07) is 6.30. The topological polar surface area (TPSA) is 211 Å². The van der Waals surface area contributed by atoms with Gasteiger partial charge in [-0.05, 0) is 60.8 Å². The summed E-state index contributed by atoms with van der Waals surface area (Å²) in [6.07, 6.45) is 5.47. The number of hydrogen-bond donors (Lipinski definition) is 5. The Hall–Kier alpha value is -4.32. The zero-order valence-corrected chi connectivity index (χ0v) is 37.4. The van der Waals surface area contributed by atoms with Crippen molar-refractivity contribution in [3.63, 3.8) is 0 Å². The van der Waals surface area contributed by atoms with Gasteiger partial charge < -0.3 is 36.2 Å². The fraction of sp³-hybridized carbons (Fsp3) is 0.524. The molecular formula is C42H52Cl2N6O9S2. The van der Waals surface area contributed by atoms with Crippen LogP contribution in [-0.4, -0.2) is 123 Å². The Balaban J connectivity index is 1.34. The average molecular weight is 920 g/mol. The van der Waals surface area contributed by atoms with E-state index in [9.17, 15) is 43.5 Å². The molecule has 2 heterocycles. The number of ketones is 1. The van der Waals surface area contributed by atoms with E-state index in [0.717, 1.165) is 49.3 Å². The molecule has 3 fully saturated rings. The van der Waals surface area contributed by atoms with Gasteiger partial charge in [-0.3, -0.25) is 33.6 Å². The Morgan fingerprint density at radius 1 is 0.885 bits per heavy atom. The van der Waals surface area contributed by atoms with Crippen LogP contribution in [0.5, 0.6) is 0 Å². The molecule has 6 amide bonds. The molecule has 19 heteroatoms. The molecule has 0 bridgehead atoms. The third kappa shape index (κ3) is 12.0. The van der Waals surface area contributed by atoms with Gasteiger partial charge in [-0.2, -0.15) is 0 Å². The first-order chi connectivity index (χ1) is 29.1.